The topological polar surface area (TPSA) is 82.7 Å². The summed E-state index contributed by atoms with van der Waals surface area (Å²) in [6, 6.07) is 12.5. The predicted molar refractivity (Wildman–Crippen MR) is 122 cm³/mol. The molecule has 9 heteroatoms. The number of carbonyl (C=O) groups excluding carboxylic acids is 2. The second-order valence-corrected chi connectivity index (χ2v) is 8.13. The number of morpholine rings is 1. The van der Waals surface area contributed by atoms with Crippen LogP contribution < -0.4 is 16.0 Å². The van der Waals surface area contributed by atoms with Crippen molar-refractivity contribution in [2.75, 3.05) is 33.3 Å². The highest BCUT2D eigenvalue weighted by Gasteiger charge is 2.21. The molecule has 0 spiro atoms. The molecule has 1 unspecified atom stereocenters. The van der Waals surface area contributed by atoms with Crippen molar-refractivity contribution in [3.05, 3.63) is 69.2 Å². The van der Waals surface area contributed by atoms with Crippen LogP contribution in [0.25, 0.3) is 0 Å². The molecule has 7 nitrogen and oxygen atoms in total. The Labute approximate surface area is 192 Å². The Morgan fingerprint density at radius 1 is 1.10 bits per heavy atom. The molecular weight excluding hydrogens is 439 g/mol. The normalized spacial score (nSPS) is 16.5. The fourth-order valence-corrected chi connectivity index (χ4v) is 3.68. The maximum absolute atomic E-state index is 12.2. The summed E-state index contributed by atoms with van der Waals surface area (Å²) >= 11 is 12.1. The first-order valence-corrected chi connectivity index (χ1v) is 10.8. The smallest absolute Gasteiger partial charge is 0.315 e. The third-order valence-corrected chi connectivity index (χ3v) is 5.71. The van der Waals surface area contributed by atoms with Crippen molar-refractivity contribution < 1.29 is 14.3 Å². The first-order valence-electron chi connectivity index (χ1n) is 10.0. The first kappa shape index (κ1) is 23.3. The number of hydrogen-bond donors (Lipinski definition) is 3. The average molecular weight is 465 g/mol. The Morgan fingerprint density at radius 2 is 1.94 bits per heavy atom. The average Bonchev–Trinajstić information content (AvgIpc) is 2.78. The summed E-state index contributed by atoms with van der Waals surface area (Å²) in [4.78, 5) is 26.2. The number of carbonyl (C=O) groups is 2. The molecule has 31 heavy (non-hydrogen) atoms. The molecule has 3 N–H and O–H groups in total. The zero-order valence-electron chi connectivity index (χ0n) is 17.3. The van der Waals surface area contributed by atoms with Crippen molar-refractivity contribution in [2.45, 2.75) is 19.2 Å². The molecule has 1 aliphatic heterocycles. The van der Waals surface area contributed by atoms with Crippen LogP contribution in [-0.4, -0.2) is 56.2 Å². The number of nitrogens with zero attached hydrogens (tertiary/aromatic N) is 1. The van der Waals surface area contributed by atoms with E-state index in [0.29, 0.717) is 41.8 Å². The van der Waals surface area contributed by atoms with Crippen molar-refractivity contribution in [3.63, 3.8) is 0 Å². The first-order chi connectivity index (χ1) is 14.9. The van der Waals surface area contributed by atoms with Crippen LogP contribution in [0.3, 0.4) is 0 Å². The SMILES string of the molecule is CNC(=O)c1cccc(CNC(=O)NCC2CN(Cc3ccc(Cl)c(Cl)c3)CCO2)c1. The van der Waals surface area contributed by atoms with E-state index in [1.807, 2.05) is 18.2 Å². The van der Waals surface area contributed by atoms with Crippen LogP contribution >= 0.6 is 23.2 Å². The van der Waals surface area contributed by atoms with Crippen LogP contribution in [0.4, 0.5) is 4.79 Å². The Balaban J connectivity index is 1.42. The Kier molecular flexibility index (Phi) is 8.54. The number of urea groups is 1. The standard InChI is InChI=1S/C22H26Cl2N4O3/c1-25-21(29)17-4-2-3-15(9-17)11-26-22(30)27-12-18-14-28(7-8-31-18)13-16-5-6-19(23)20(24)10-16/h2-6,9-10,18H,7-8,11-14H2,1H3,(H,25,29)(H2,26,27,30). The minimum Gasteiger partial charge on any atom is -0.374 e. The lowest BCUT2D eigenvalue weighted by atomic mass is 10.1. The van der Waals surface area contributed by atoms with Gasteiger partial charge in [0.15, 0.2) is 0 Å². The van der Waals surface area contributed by atoms with Crippen molar-refractivity contribution >= 4 is 35.1 Å². The molecule has 3 amide bonds. The van der Waals surface area contributed by atoms with Gasteiger partial charge >= 0.3 is 6.03 Å². The molecule has 0 bridgehead atoms. The molecule has 0 radical (unpaired) electrons. The van der Waals surface area contributed by atoms with E-state index >= 15 is 0 Å². The largest absolute Gasteiger partial charge is 0.374 e. The van der Waals surface area contributed by atoms with E-state index in [0.717, 1.165) is 24.2 Å². The highest BCUT2D eigenvalue weighted by molar-refractivity contribution is 6.42. The van der Waals surface area contributed by atoms with E-state index in [4.69, 9.17) is 27.9 Å². The highest BCUT2D eigenvalue weighted by atomic mass is 35.5. The molecule has 1 heterocycles. The van der Waals surface area contributed by atoms with Crippen molar-refractivity contribution in [3.8, 4) is 0 Å². The van der Waals surface area contributed by atoms with Crippen LogP contribution in [0.15, 0.2) is 42.5 Å². The van der Waals surface area contributed by atoms with Gasteiger partial charge in [-0.15, -0.1) is 0 Å². The van der Waals surface area contributed by atoms with Gasteiger partial charge in [0.2, 0.25) is 0 Å². The quantitative estimate of drug-likeness (QED) is 0.587. The molecule has 2 aromatic rings. The third-order valence-electron chi connectivity index (χ3n) is 4.97. The minimum absolute atomic E-state index is 0.0983. The lowest BCUT2D eigenvalue weighted by molar-refractivity contribution is -0.0287. The highest BCUT2D eigenvalue weighted by Crippen LogP contribution is 2.23. The van der Waals surface area contributed by atoms with E-state index in [1.54, 1.807) is 31.3 Å². The molecular formula is C22H26Cl2N4O3. The molecule has 0 saturated carbocycles. The number of ether oxygens (including phenoxy) is 1. The number of nitrogens with one attached hydrogen (secondary N) is 3. The van der Waals surface area contributed by atoms with E-state index in [1.165, 1.54) is 0 Å². The van der Waals surface area contributed by atoms with Crippen molar-refractivity contribution in [1.29, 1.82) is 0 Å². The summed E-state index contributed by atoms with van der Waals surface area (Å²) in [5.41, 5.74) is 2.48. The second kappa shape index (κ2) is 11.3. The van der Waals surface area contributed by atoms with Crippen LogP contribution in [0.1, 0.15) is 21.5 Å². The van der Waals surface area contributed by atoms with Crippen LogP contribution in [-0.2, 0) is 17.8 Å². The lowest BCUT2D eigenvalue weighted by Gasteiger charge is -2.33. The molecule has 1 aliphatic rings. The van der Waals surface area contributed by atoms with Gasteiger partial charge in [-0.3, -0.25) is 9.69 Å². The Morgan fingerprint density at radius 3 is 2.71 bits per heavy atom. The van der Waals surface area contributed by atoms with Crippen LogP contribution in [0, 0.1) is 0 Å². The van der Waals surface area contributed by atoms with Gasteiger partial charge in [0, 0.05) is 45.3 Å². The minimum atomic E-state index is -0.282. The van der Waals surface area contributed by atoms with E-state index in [-0.39, 0.29) is 18.0 Å². The van der Waals surface area contributed by atoms with Gasteiger partial charge in [-0.2, -0.15) is 0 Å². The Bertz CT molecular complexity index is 925. The summed E-state index contributed by atoms with van der Waals surface area (Å²) in [5.74, 6) is -0.161. The number of hydrogen-bond acceptors (Lipinski definition) is 4. The monoisotopic (exact) mass is 464 g/mol. The zero-order chi connectivity index (χ0) is 22.2. The van der Waals surface area contributed by atoms with E-state index < -0.39 is 0 Å². The Hall–Kier alpha value is -2.32. The van der Waals surface area contributed by atoms with Gasteiger partial charge < -0.3 is 20.7 Å². The fraction of sp³-hybridized carbons (Fsp3) is 0.364. The van der Waals surface area contributed by atoms with Gasteiger partial charge in [0.05, 0.1) is 22.8 Å². The lowest BCUT2D eigenvalue weighted by Crippen LogP contribution is -2.48. The molecule has 0 aromatic heterocycles. The van der Waals surface area contributed by atoms with Crippen LogP contribution in [0.5, 0.6) is 0 Å². The van der Waals surface area contributed by atoms with E-state index in [2.05, 4.69) is 20.9 Å². The van der Waals surface area contributed by atoms with E-state index in [9.17, 15) is 9.59 Å². The third kappa shape index (κ3) is 7.11. The summed E-state index contributed by atoms with van der Waals surface area (Å²) < 4.78 is 5.78. The fourth-order valence-electron chi connectivity index (χ4n) is 3.36. The van der Waals surface area contributed by atoms with Gasteiger partial charge in [-0.05, 0) is 35.4 Å². The maximum Gasteiger partial charge on any atom is 0.315 e. The molecule has 1 saturated heterocycles. The summed E-state index contributed by atoms with van der Waals surface area (Å²) in [6.07, 6.45) is -0.0983. The molecule has 3 rings (SSSR count). The number of amides is 3. The van der Waals surface area contributed by atoms with Gasteiger partial charge in [0.25, 0.3) is 5.91 Å². The van der Waals surface area contributed by atoms with Gasteiger partial charge in [0.1, 0.15) is 0 Å². The summed E-state index contributed by atoms with van der Waals surface area (Å²) in [5, 5.41) is 9.33. The number of halogens is 2. The molecule has 2 aromatic carbocycles. The predicted octanol–water partition coefficient (Wildman–Crippen LogP) is 3.05. The number of benzene rings is 2. The van der Waals surface area contributed by atoms with Gasteiger partial charge in [-0.25, -0.2) is 4.79 Å². The van der Waals surface area contributed by atoms with Crippen molar-refractivity contribution in [1.82, 2.24) is 20.9 Å². The molecule has 1 fully saturated rings. The number of rotatable bonds is 7. The zero-order valence-corrected chi connectivity index (χ0v) is 18.8. The second-order valence-electron chi connectivity index (χ2n) is 7.32. The molecule has 166 valence electrons. The maximum atomic E-state index is 12.2. The molecule has 0 aliphatic carbocycles. The van der Waals surface area contributed by atoms with Crippen molar-refractivity contribution in [2.24, 2.45) is 0 Å². The molecule has 1 atom stereocenters. The summed E-state index contributed by atoms with van der Waals surface area (Å²) in [6.45, 7) is 3.58. The van der Waals surface area contributed by atoms with Gasteiger partial charge in [-0.1, -0.05) is 41.4 Å². The van der Waals surface area contributed by atoms with Crippen LogP contribution in [0.2, 0.25) is 10.0 Å². The summed E-state index contributed by atoms with van der Waals surface area (Å²) in [7, 11) is 1.58.